The molecule has 0 bridgehead atoms. The van der Waals surface area contributed by atoms with E-state index in [1.54, 1.807) is 23.0 Å². The number of hydrogen-bond donors (Lipinski definition) is 1. The Morgan fingerprint density at radius 1 is 1.18 bits per heavy atom. The van der Waals surface area contributed by atoms with E-state index in [-0.39, 0.29) is 17.2 Å². The maximum Gasteiger partial charge on any atom is 0.230 e. The number of rotatable bonds is 5. The van der Waals surface area contributed by atoms with E-state index in [4.69, 9.17) is 0 Å². The summed E-state index contributed by atoms with van der Waals surface area (Å²) in [4.78, 5) is 16.9. The van der Waals surface area contributed by atoms with Crippen LogP contribution in [0.15, 0.2) is 65.8 Å². The summed E-state index contributed by atoms with van der Waals surface area (Å²) in [5, 5.41) is 7.48. The highest BCUT2D eigenvalue weighted by atomic mass is 32.2. The molecule has 2 aromatic heterocycles. The van der Waals surface area contributed by atoms with Gasteiger partial charge in [-0.3, -0.25) is 4.79 Å². The second kappa shape index (κ2) is 7.17. The molecule has 1 amide bonds. The Morgan fingerprint density at radius 3 is 2.71 bits per heavy atom. The summed E-state index contributed by atoms with van der Waals surface area (Å²) in [7, 11) is -3.29. The fraction of sp³-hybridized carbons (Fsp3) is 0.105. The normalized spacial score (nSPS) is 11.6. The average molecular weight is 412 g/mol. The van der Waals surface area contributed by atoms with Crippen molar-refractivity contribution in [2.75, 3.05) is 11.6 Å². The molecule has 28 heavy (non-hydrogen) atoms. The maximum absolute atomic E-state index is 12.4. The fourth-order valence-corrected chi connectivity index (χ4v) is 4.35. The van der Waals surface area contributed by atoms with Crippen LogP contribution in [0.1, 0.15) is 5.56 Å². The number of nitrogens with one attached hydrogen (secondary N) is 1. The van der Waals surface area contributed by atoms with E-state index in [0.717, 1.165) is 17.5 Å². The fourth-order valence-electron chi connectivity index (χ4n) is 2.71. The summed E-state index contributed by atoms with van der Waals surface area (Å²) in [5.74, 6) is -0.213. The van der Waals surface area contributed by atoms with Crippen molar-refractivity contribution in [1.82, 2.24) is 14.8 Å². The molecule has 2 heterocycles. The van der Waals surface area contributed by atoms with Crippen molar-refractivity contribution in [2.24, 2.45) is 0 Å². The van der Waals surface area contributed by atoms with E-state index < -0.39 is 9.84 Å². The highest BCUT2D eigenvalue weighted by molar-refractivity contribution is 7.90. The number of sulfone groups is 1. The number of carbonyl (C=O) groups excluding carboxylic acids is 1. The number of benzene rings is 2. The minimum Gasteiger partial charge on any atom is -0.302 e. The SMILES string of the molecule is CS(=O)(=O)c1ccc2nc(NC(=O)Cc3cnn(-c4ccccc4)c3)sc2c1. The minimum absolute atomic E-state index is 0.164. The molecule has 0 saturated heterocycles. The number of carbonyl (C=O) groups is 1. The summed E-state index contributed by atoms with van der Waals surface area (Å²) in [6, 6.07) is 14.4. The van der Waals surface area contributed by atoms with Crippen molar-refractivity contribution in [2.45, 2.75) is 11.3 Å². The molecule has 4 aromatic rings. The van der Waals surface area contributed by atoms with Gasteiger partial charge in [0.25, 0.3) is 0 Å². The summed E-state index contributed by atoms with van der Waals surface area (Å²) in [5.41, 5.74) is 2.34. The van der Waals surface area contributed by atoms with Gasteiger partial charge in [-0.25, -0.2) is 18.1 Å². The lowest BCUT2D eigenvalue weighted by Gasteiger charge is -2.00. The van der Waals surface area contributed by atoms with Gasteiger partial charge in [0, 0.05) is 12.5 Å². The van der Waals surface area contributed by atoms with E-state index in [2.05, 4.69) is 15.4 Å². The van der Waals surface area contributed by atoms with Gasteiger partial charge in [0.1, 0.15) is 0 Å². The molecule has 0 saturated carbocycles. The van der Waals surface area contributed by atoms with Crippen LogP contribution >= 0.6 is 11.3 Å². The van der Waals surface area contributed by atoms with Gasteiger partial charge in [0.2, 0.25) is 5.91 Å². The molecule has 0 radical (unpaired) electrons. The summed E-state index contributed by atoms with van der Waals surface area (Å²) < 4.78 is 25.8. The first kappa shape index (κ1) is 18.3. The monoisotopic (exact) mass is 412 g/mol. The van der Waals surface area contributed by atoms with Gasteiger partial charge in [-0.1, -0.05) is 29.5 Å². The molecule has 2 aromatic carbocycles. The molecule has 142 valence electrons. The lowest BCUT2D eigenvalue weighted by Crippen LogP contribution is -2.13. The van der Waals surface area contributed by atoms with Crippen LogP contribution in [0, 0.1) is 0 Å². The molecule has 0 fully saturated rings. The van der Waals surface area contributed by atoms with Crippen LogP contribution in [0.2, 0.25) is 0 Å². The van der Waals surface area contributed by atoms with E-state index in [0.29, 0.717) is 15.3 Å². The van der Waals surface area contributed by atoms with Crippen molar-refractivity contribution in [3.05, 3.63) is 66.5 Å². The molecule has 0 aliphatic heterocycles. The highest BCUT2D eigenvalue weighted by Gasteiger charge is 2.13. The Hall–Kier alpha value is -3.04. The average Bonchev–Trinajstić information content (AvgIpc) is 3.27. The summed E-state index contributed by atoms with van der Waals surface area (Å²) in [6.45, 7) is 0. The summed E-state index contributed by atoms with van der Waals surface area (Å²) >= 11 is 1.24. The van der Waals surface area contributed by atoms with Crippen molar-refractivity contribution in [3.8, 4) is 5.69 Å². The Morgan fingerprint density at radius 2 is 1.96 bits per heavy atom. The first-order chi connectivity index (χ1) is 13.4. The molecule has 1 N–H and O–H groups in total. The third-order valence-electron chi connectivity index (χ3n) is 4.06. The smallest absolute Gasteiger partial charge is 0.230 e. The van der Waals surface area contributed by atoms with E-state index >= 15 is 0 Å². The van der Waals surface area contributed by atoms with Gasteiger partial charge in [-0.2, -0.15) is 5.10 Å². The third kappa shape index (κ3) is 3.95. The van der Waals surface area contributed by atoms with Crippen LogP contribution in [0.25, 0.3) is 15.9 Å². The molecule has 0 spiro atoms. The van der Waals surface area contributed by atoms with Crippen LogP contribution in [-0.2, 0) is 21.1 Å². The number of para-hydroxylation sites is 1. The number of nitrogens with zero attached hydrogens (tertiary/aromatic N) is 3. The van der Waals surface area contributed by atoms with Crippen LogP contribution in [0.5, 0.6) is 0 Å². The highest BCUT2D eigenvalue weighted by Crippen LogP contribution is 2.28. The van der Waals surface area contributed by atoms with Crippen LogP contribution in [0.4, 0.5) is 5.13 Å². The van der Waals surface area contributed by atoms with Gasteiger partial charge in [-0.15, -0.1) is 0 Å². The van der Waals surface area contributed by atoms with Gasteiger partial charge >= 0.3 is 0 Å². The molecule has 7 nitrogen and oxygen atoms in total. The van der Waals surface area contributed by atoms with Crippen molar-refractivity contribution in [3.63, 3.8) is 0 Å². The van der Waals surface area contributed by atoms with E-state index in [1.807, 2.05) is 36.5 Å². The number of thiazole rings is 1. The predicted octanol–water partition coefficient (Wildman–Crippen LogP) is 3.07. The molecular weight excluding hydrogens is 396 g/mol. The second-order valence-electron chi connectivity index (χ2n) is 6.27. The molecule has 0 atom stereocenters. The van der Waals surface area contributed by atoms with E-state index in [1.165, 1.54) is 17.4 Å². The zero-order valence-corrected chi connectivity index (χ0v) is 16.5. The standard InChI is InChI=1S/C19H16N4O3S2/c1-28(25,26)15-7-8-16-17(10-15)27-19(21-16)22-18(24)9-13-11-20-23(12-13)14-5-3-2-4-6-14/h2-8,10-12H,9H2,1H3,(H,21,22,24). The Labute approximate surface area is 165 Å². The number of anilines is 1. The molecule has 4 rings (SSSR count). The second-order valence-corrected chi connectivity index (χ2v) is 9.32. The van der Waals surface area contributed by atoms with Crippen LogP contribution in [0.3, 0.4) is 0 Å². The van der Waals surface area contributed by atoms with Gasteiger partial charge in [-0.05, 0) is 35.9 Å². The zero-order chi connectivity index (χ0) is 19.7. The number of aromatic nitrogens is 3. The molecule has 0 aliphatic carbocycles. The number of fused-ring (bicyclic) bond motifs is 1. The van der Waals surface area contributed by atoms with Crippen LogP contribution in [-0.4, -0.2) is 35.3 Å². The Bertz CT molecular complexity index is 1260. The predicted molar refractivity (Wildman–Crippen MR) is 109 cm³/mol. The van der Waals surface area contributed by atoms with Crippen molar-refractivity contribution < 1.29 is 13.2 Å². The largest absolute Gasteiger partial charge is 0.302 e. The molecule has 0 aliphatic rings. The number of amides is 1. The van der Waals surface area contributed by atoms with Gasteiger partial charge in [0.15, 0.2) is 15.0 Å². The lowest BCUT2D eigenvalue weighted by atomic mass is 10.2. The van der Waals surface area contributed by atoms with Crippen molar-refractivity contribution >= 4 is 42.4 Å². The lowest BCUT2D eigenvalue weighted by molar-refractivity contribution is -0.115. The molecule has 9 heteroatoms. The van der Waals surface area contributed by atoms with Crippen LogP contribution < -0.4 is 5.32 Å². The Balaban J connectivity index is 1.47. The first-order valence-electron chi connectivity index (χ1n) is 8.38. The minimum atomic E-state index is -3.29. The van der Waals surface area contributed by atoms with E-state index in [9.17, 15) is 13.2 Å². The summed E-state index contributed by atoms with van der Waals surface area (Å²) in [6.07, 6.45) is 4.79. The van der Waals surface area contributed by atoms with Crippen molar-refractivity contribution in [1.29, 1.82) is 0 Å². The Kier molecular flexibility index (Phi) is 4.70. The molecule has 0 unspecified atom stereocenters. The van der Waals surface area contributed by atoms with Gasteiger partial charge in [0.05, 0.1) is 33.4 Å². The topological polar surface area (TPSA) is 93.9 Å². The van der Waals surface area contributed by atoms with Gasteiger partial charge < -0.3 is 5.32 Å². The molecular formula is C19H16N4O3S2. The quantitative estimate of drug-likeness (QED) is 0.544. The third-order valence-corrected chi connectivity index (χ3v) is 6.10. The first-order valence-corrected chi connectivity index (χ1v) is 11.1. The number of hydrogen-bond acceptors (Lipinski definition) is 6. The zero-order valence-electron chi connectivity index (χ0n) is 14.9. The maximum atomic E-state index is 12.4.